The van der Waals surface area contributed by atoms with Crippen molar-refractivity contribution in [2.45, 2.75) is 12.4 Å². The van der Waals surface area contributed by atoms with Gasteiger partial charge in [0.1, 0.15) is 0 Å². The van der Waals surface area contributed by atoms with Gasteiger partial charge >= 0.3 is 12.4 Å². The van der Waals surface area contributed by atoms with Crippen molar-refractivity contribution in [2.24, 2.45) is 10.2 Å². The highest BCUT2D eigenvalue weighted by Gasteiger charge is 2.33. The van der Waals surface area contributed by atoms with Gasteiger partial charge in [0.15, 0.2) is 5.69 Å². The second-order valence-corrected chi connectivity index (χ2v) is 4.70. The molecule has 2 aromatic rings. The number of benzene rings is 2. The minimum Gasteiger partial charge on any atom is -0.258 e. The van der Waals surface area contributed by atoms with Crippen LogP contribution in [0.5, 0.6) is 0 Å². The van der Waals surface area contributed by atoms with Gasteiger partial charge in [-0.15, -0.1) is 5.11 Å². The molecule has 11 heteroatoms. The molecule has 2 aromatic carbocycles. The van der Waals surface area contributed by atoms with Crippen LogP contribution in [0.3, 0.4) is 0 Å². The number of alkyl halides is 6. The smallest absolute Gasteiger partial charge is 0.258 e. The quantitative estimate of drug-likeness (QED) is 0.288. The van der Waals surface area contributed by atoms with Gasteiger partial charge in [-0.2, -0.15) is 31.5 Å². The Morgan fingerprint density at radius 3 is 1.80 bits per heavy atom. The lowest BCUT2D eigenvalue weighted by Crippen LogP contribution is -2.05. The van der Waals surface area contributed by atoms with E-state index < -0.39 is 39.8 Å². The second-order valence-electron chi connectivity index (χ2n) is 4.70. The van der Waals surface area contributed by atoms with Crippen molar-refractivity contribution in [1.82, 2.24) is 0 Å². The largest absolute Gasteiger partial charge is 0.416 e. The Hall–Kier alpha value is -2.98. The van der Waals surface area contributed by atoms with E-state index in [0.717, 1.165) is 30.3 Å². The Labute approximate surface area is 135 Å². The van der Waals surface area contributed by atoms with Crippen LogP contribution in [0.2, 0.25) is 0 Å². The maximum Gasteiger partial charge on any atom is 0.416 e. The molecule has 0 saturated heterocycles. The summed E-state index contributed by atoms with van der Waals surface area (Å²) in [6, 6.07) is 5.07. The first-order valence-corrected chi connectivity index (χ1v) is 6.43. The second kappa shape index (κ2) is 6.49. The summed E-state index contributed by atoms with van der Waals surface area (Å²) in [5.74, 6) is 0. The highest BCUT2D eigenvalue weighted by molar-refractivity contribution is 5.59. The first kappa shape index (κ1) is 18.4. The van der Waals surface area contributed by atoms with Crippen molar-refractivity contribution >= 4 is 17.1 Å². The Kier molecular flexibility index (Phi) is 4.77. The standard InChI is InChI=1S/C14H7F6N3O2/c15-13(16,17)8-1-4-10(5-2-8)21-22-11-6-3-9(14(18,19)20)7-12(11)23(24)25/h1-7H. The molecule has 0 bridgehead atoms. The van der Waals surface area contributed by atoms with Crippen molar-refractivity contribution < 1.29 is 31.3 Å². The van der Waals surface area contributed by atoms with Crippen molar-refractivity contribution in [3.05, 3.63) is 63.7 Å². The molecule has 5 nitrogen and oxygen atoms in total. The monoisotopic (exact) mass is 363 g/mol. The summed E-state index contributed by atoms with van der Waals surface area (Å²) in [7, 11) is 0. The van der Waals surface area contributed by atoms with Gasteiger partial charge in [-0.05, 0) is 36.4 Å². The average molecular weight is 363 g/mol. The number of nitro benzene ring substituents is 1. The van der Waals surface area contributed by atoms with Crippen LogP contribution in [0, 0.1) is 10.1 Å². The summed E-state index contributed by atoms with van der Waals surface area (Å²) in [5.41, 5.74) is -3.59. The number of nitro groups is 1. The van der Waals surface area contributed by atoms with Gasteiger partial charge in [0, 0.05) is 6.07 Å². The molecule has 0 atom stereocenters. The maximum absolute atomic E-state index is 12.6. The van der Waals surface area contributed by atoms with E-state index in [1.54, 1.807) is 0 Å². The minimum atomic E-state index is -4.77. The van der Waals surface area contributed by atoms with E-state index in [0.29, 0.717) is 12.1 Å². The Bertz CT molecular complexity index is 813. The van der Waals surface area contributed by atoms with Crippen LogP contribution in [0.15, 0.2) is 52.7 Å². The molecule has 0 unspecified atom stereocenters. The fourth-order valence-electron chi connectivity index (χ4n) is 1.76. The number of hydrogen-bond donors (Lipinski definition) is 0. The number of hydrogen-bond acceptors (Lipinski definition) is 4. The fraction of sp³-hybridized carbons (Fsp3) is 0.143. The maximum atomic E-state index is 12.6. The normalized spacial score (nSPS) is 12.6. The molecular formula is C14H7F6N3O2. The number of rotatable bonds is 3. The molecule has 0 aliphatic carbocycles. The zero-order valence-corrected chi connectivity index (χ0v) is 12.0. The Morgan fingerprint density at radius 2 is 1.32 bits per heavy atom. The molecule has 0 aliphatic rings. The summed E-state index contributed by atoms with van der Waals surface area (Å²) in [6.45, 7) is 0. The van der Waals surface area contributed by atoms with Crippen LogP contribution in [-0.4, -0.2) is 4.92 Å². The molecule has 0 heterocycles. The zero-order chi connectivity index (χ0) is 18.8. The summed E-state index contributed by atoms with van der Waals surface area (Å²) in [6.07, 6.45) is -9.31. The molecule has 2 rings (SSSR count). The van der Waals surface area contributed by atoms with Crippen molar-refractivity contribution in [3.63, 3.8) is 0 Å². The van der Waals surface area contributed by atoms with E-state index >= 15 is 0 Å². The van der Waals surface area contributed by atoms with Crippen LogP contribution in [0.4, 0.5) is 43.4 Å². The predicted octanol–water partition coefficient (Wildman–Crippen LogP) is 6.05. The van der Waals surface area contributed by atoms with E-state index in [4.69, 9.17) is 0 Å². The van der Waals surface area contributed by atoms with Gasteiger partial charge in [-0.3, -0.25) is 10.1 Å². The molecule has 0 saturated carbocycles. The third-order valence-corrected chi connectivity index (χ3v) is 2.97. The first-order valence-electron chi connectivity index (χ1n) is 6.43. The third kappa shape index (κ3) is 4.52. The number of azo groups is 1. The lowest BCUT2D eigenvalue weighted by atomic mass is 10.1. The third-order valence-electron chi connectivity index (χ3n) is 2.97. The first-order chi connectivity index (χ1) is 11.5. The van der Waals surface area contributed by atoms with E-state index in [1.807, 2.05) is 0 Å². The topological polar surface area (TPSA) is 67.9 Å². The molecule has 0 aromatic heterocycles. The highest BCUT2D eigenvalue weighted by atomic mass is 19.4. The van der Waals surface area contributed by atoms with E-state index in [9.17, 15) is 36.5 Å². The van der Waals surface area contributed by atoms with Crippen LogP contribution in [0.1, 0.15) is 11.1 Å². The lowest BCUT2D eigenvalue weighted by molar-refractivity contribution is -0.384. The molecule has 0 radical (unpaired) electrons. The SMILES string of the molecule is O=[N+]([O-])c1cc(C(F)(F)F)ccc1N=Nc1ccc(C(F)(F)F)cc1. The average Bonchev–Trinajstić information content (AvgIpc) is 2.51. The van der Waals surface area contributed by atoms with Gasteiger partial charge < -0.3 is 0 Å². The summed E-state index contributed by atoms with van der Waals surface area (Å²) < 4.78 is 75.0. The van der Waals surface area contributed by atoms with Crippen LogP contribution >= 0.6 is 0 Å². The zero-order valence-electron chi connectivity index (χ0n) is 12.0. The molecule has 0 fully saturated rings. The van der Waals surface area contributed by atoms with Crippen molar-refractivity contribution in [3.8, 4) is 0 Å². The molecule has 0 aliphatic heterocycles. The highest BCUT2D eigenvalue weighted by Crippen LogP contribution is 2.37. The number of nitrogens with zero attached hydrogens (tertiary/aromatic N) is 3. The van der Waals surface area contributed by atoms with Crippen LogP contribution in [-0.2, 0) is 12.4 Å². The van der Waals surface area contributed by atoms with E-state index in [2.05, 4.69) is 10.2 Å². The Morgan fingerprint density at radius 1 is 0.800 bits per heavy atom. The van der Waals surface area contributed by atoms with Gasteiger partial charge in [-0.25, -0.2) is 0 Å². The van der Waals surface area contributed by atoms with E-state index in [1.165, 1.54) is 0 Å². The summed E-state index contributed by atoms with van der Waals surface area (Å²) >= 11 is 0. The fourth-order valence-corrected chi connectivity index (χ4v) is 1.76. The lowest BCUT2D eigenvalue weighted by Gasteiger charge is -2.07. The van der Waals surface area contributed by atoms with Crippen LogP contribution in [0.25, 0.3) is 0 Å². The molecule has 25 heavy (non-hydrogen) atoms. The van der Waals surface area contributed by atoms with Crippen molar-refractivity contribution in [1.29, 1.82) is 0 Å². The Balaban J connectivity index is 2.33. The molecular weight excluding hydrogens is 356 g/mol. The molecule has 0 N–H and O–H groups in total. The van der Waals surface area contributed by atoms with E-state index in [-0.39, 0.29) is 5.69 Å². The minimum absolute atomic E-state index is 0.0535. The summed E-state index contributed by atoms with van der Waals surface area (Å²) in [5, 5.41) is 17.8. The van der Waals surface area contributed by atoms with Gasteiger partial charge in [-0.1, -0.05) is 0 Å². The van der Waals surface area contributed by atoms with Crippen molar-refractivity contribution in [2.75, 3.05) is 0 Å². The predicted molar refractivity (Wildman–Crippen MR) is 73.7 cm³/mol. The number of halogens is 6. The molecule has 0 amide bonds. The molecule has 0 spiro atoms. The van der Waals surface area contributed by atoms with Gasteiger partial charge in [0.05, 0.1) is 21.7 Å². The van der Waals surface area contributed by atoms with Gasteiger partial charge in [0.25, 0.3) is 5.69 Å². The summed E-state index contributed by atoms with van der Waals surface area (Å²) in [4.78, 5) is 9.82. The molecule has 132 valence electrons. The van der Waals surface area contributed by atoms with Gasteiger partial charge in [0.2, 0.25) is 0 Å². The van der Waals surface area contributed by atoms with Crippen LogP contribution < -0.4 is 0 Å².